The Labute approximate surface area is 262 Å². The lowest BCUT2D eigenvalue weighted by molar-refractivity contribution is -0.132. The van der Waals surface area contributed by atoms with Crippen LogP contribution in [0.3, 0.4) is 0 Å². The van der Waals surface area contributed by atoms with E-state index in [1.165, 1.54) is 11.0 Å². The minimum atomic E-state index is -0.908. The van der Waals surface area contributed by atoms with Gasteiger partial charge in [0.25, 0.3) is 0 Å². The van der Waals surface area contributed by atoms with Crippen molar-refractivity contribution >= 4 is 55.5 Å². The molecular weight excluding hydrogens is 648 g/mol. The third-order valence-electron chi connectivity index (χ3n) is 7.84. The number of amides is 1. The average Bonchev–Trinajstić information content (AvgIpc) is 3.87. The molecule has 3 aromatic heterocycles. The van der Waals surface area contributed by atoms with E-state index in [0.717, 1.165) is 11.3 Å². The Morgan fingerprint density at radius 2 is 1.36 bits per heavy atom. The van der Waals surface area contributed by atoms with Crippen LogP contribution in [0.25, 0.3) is 27.8 Å². The van der Waals surface area contributed by atoms with Crippen molar-refractivity contribution in [3.8, 4) is 5.69 Å². The summed E-state index contributed by atoms with van der Waals surface area (Å²) in [5.41, 5.74) is 4.26. The number of fused-ring (bicyclic) bond motifs is 2. The largest absolute Gasteiger partial charge is 0.340 e. The number of piperazine rings is 1. The fourth-order valence-electron chi connectivity index (χ4n) is 5.41. The van der Waals surface area contributed by atoms with Gasteiger partial charge in [-0.05, 0) is 85.1 Å². The van der Waals surface area contributed by atoms with Crippen LogP contribution in [0, 0.1) is 0 Å². The van der Waals surface area contributed by atoms with Crippen molar-refractivity contribution in [3.05, 3.63) is 83.7 Å². The number of ketones is 2. The summed E-state index contributed by atoms with van der Waals surface area (Å²) in [6, 6.07) is 16.3. The Morgan fingerprint density at radius 3 is 1.96 bits per heavy atom. The Balaban J connectivity index is 1.08. The first-order valence-electron chi connectivity index (χ1n) is 14.0. The quantitative estimate of drug-likeness (QED) is 0.162. The molecule has 7 rings (SSSR count). The molecule has 15 nitrogen and oxygen atoms in total. The lowest BCUT2D eigenvalue weighted by Crippen LogP contribution is -2.57. The maximum Gasteiger partial charge on any atom is 0.227 e. The number of aromatic nitrogens is 8. The van der Waals surface area contributed by atoms with Gasteiger partial charge in [0.1, 0.15) is 33.2 Å². The van der Waals surface area contributed by atoms with Gasteiger partial charge in [-0.1, -0.05) is 28.1 Å². The van der Waals surface area contributed by atoms with Crippen molar-refractivity contribution in [2.45, 2.75) is 17.3 Å². The number of hydrogen-bond acceptors (Lipinski definition) is 13. The van der Waals surface area contributed by atoms with Gasteiger partial charge in [-0.3, -0.25) is 19.3 Å². The summed E-state index contributed by atoms with van der Waals surface area (Å²) in [7, 11) is 0. The molecule has 226 valence electrons. The van der Waals surface area contributed by atoms with Crippen LogP contribution in [0.5, 0.6) is 0 Å². The zero-order valence-electron chi connectivity index (χ0n) is 23.4. The Hall–Kier alpha value is -5.22. The first-order valence-corrected chi connectivity index (χ1v) is 14.9. The molecule has 2 unspecified atom stereocenters. The molecule has 1 aliphatic rings. The second-order valence-corrected chi connectivity index (χ2v) is 11.5. The van der Waals surface area contributed by atoms with E-state index < -0.39 is 10.9 Å². The van der Waals surface area contributed by atoms with E-state index in [9.17, 15) is 14.4 Å². The third kappa shape index (κ3) is 5.72. The summed E-state index contributed by atoms with van der Waals surface area (Å²) in [6.45, 7) is 1.55. The molecule has 0 N–H and O–H groups in total. The molecule has 1 aliphatic heterocycles. The van der Waals surface area contributed by atoms with Crippen molar-refractivity contribution in [2.75, 3.05) is 26.2 Å². The van der Waals surface area contributed by atoms with E-state index >= 15 is 0 Å². The maximum atomic E-state index is 14.1. The van der Waals surface area contributed by atoms with Crippen molar-refractivity contribution in [1.82, 2.24) is 50.6 Å². The standard InChI is InChI=1S/C29H23BrN10O5/c30-26(28(42)18-3-7-21-23(14-18)34-44-32-21)27(29(43)19-4-8-22-24(15-19)35-45-33-22)39-11-9-38(10-12-39)25(41)13-17-1-5-20(6-2-17)40-16-31-36-37-40/h1-8,14-16,26-27H,9-13H2. The molecule has 16 heteroatoms. The predicted octanol–water partition coefficient (Wildman–Crippen LogP) is 2.32. The minimum Gasteiger partial charge on any atom is -0.340 e. The number of carbonyl (C=O) groups excluding carboxylic acids is 3. The summed E-state index contributed by atoms with van der Waals surface area (Å²) in [6.07, 6.45) is 1.72. The number of rotatable bonds is 9. The number of Topliss-reactive ketones (excluding diaryl/α,β-unsaturated/α-hetero) is 2. The smallest absolute Gasteiger partial charge is 0.227 e. The molecule has 2 atom stereocenters. The van der Waals surface area contributed by atoms with Gasteiger partial charge in [-0.25, -0.2) is 13.9 Å². The number of carbonyl (C=O) groups is 3. The molecule has 3 aromatic carbocycles. The predicted molar refractivity (Wildman–Crippen MR) is 160 cm³/mol. The van der Waals surface area contributed by atoms with Crippen LogP contribution in [0.15, 0.2) is 76.2 Å². The van der Waals surface area contributed by atoms with E-state index in [1.54, 1.807) is 41.3 Å². The van der Waals surface area contributed by atoms with Gasteiger partial charge in [0.15, 0.2) is 11.6 Å². The topological polar surface area (TPSA) is 179 Å². The molecule has 0 aliphatic carbocycles. The second kappa shape index (κ2) is 12.0. The molecule has 4 heterocycles. The summed E-state index contributed by atoms with van der Waals surface area (Å²) < 4.78 is 11.1. The van der Waals surface area contributed by atoms with Crippen LogP contribution >= 0.6 is 15.9 Å². The van der Waals surface area contributed by atoms with Crippen molar-refractivity contribution < 1.29 is 23.6 Å². The molecule has 1 amide bonds. The van der Waals surface area contributed by atoms with Crippen molar-refractivity contribution in [1.29, 1.82) is 0 Å². The molecule has 0 spiro atoms. The number of halogens is 1. The fourth-order valence-corrected chi connectivity index (χ4v) is 6.25. The molecule has 1 fully saturated rings. The van der Waals surface area contributed by atoms with E-state index in [1.807, 2.05) is 29.2 Å². The lowest BCUT2D eigenvalue weighted by Gasteiger charge is -2.40. The molecule has 0 bridgehead atoms. The average molecular weight is 671 g/mol. The highest BCUT2D eigenvalue weighted by Crippen LogP contribution is 2.26. The Kier molecular flexibility index (Phi) is 7.64. The molecule has 0 saturated carbocycles. The van der Waals surface area contributed by atoms with Gasteiger partial charge in [0.05, 0.1) is 18.2 Å². The van der Waals surface area contributed by atoms with Crippen LogP contribution < -0.4 is 0 Å². The molecule has 6 aromatic rings. The van der Waals surface area contributed by atoms with Crippen LogP contribution in [0.2, 0.25) is 0 Å². The SMILES string of the molecule is O=C(c1ccc2nonc2c1)C(Br)C(C(=O)c1ccc2nonc2c1)N1CCN(C(=O)Cc2ccc(-n3cnnn3)cc2)CC1. The number of hydrogen-bond donors (Lipinski definition) is 0. The highest BCUT2D eigenvalue weighted by Gasteiger charge is 2.39. The van der Waals surface area contributed by atoms with Gasteiger partial charge in [0, 0.05) is 37.3 Å². The first-order chi connectivity index (χ1) is 21.9. The molecule has 0 radical (unpaired) electrons. The monoisotopic (exact) mass is 670 g/mol. The lowest BCUT2D eigenvalue weighted by atomic mass is 9.94. The fraction of sp³-hybridized carbons (Fsp3) is 0.241. The van der Waals surface area contributed by atoms with Gasteiger partial charge in [-0.2, -0.15) is 0 Å². The molecule has 1 saturated heterocycles. The second-order valence-electron chi connectivity index (χ2n) is 10.5. The van der Waals surface area contributed by atoms with Gasteiger partial charge in [-0.15, -0.1) is 5.10 Å². The van der Waals surface area contributed by atoms with Gasteiger partial charge >= 0.3 is 0 Å². The van der Waals surface area contributed by atoms with Crippen LogP contribution in [0.1, 0.15) is 26.3 Å². The van der Waals surface area contributed by atoms with Crippen LogP contribution in [-0.4, -0.2) is 105 Å². The summed E-state index contributed by atoms with van der Waals surface area (Å²) >= 11 is 3.57. The number of alkyl halides is 1. The Bertz CT molecular complexity index is 2000. The van der Waals surface area contributed by atoms with Crippen molar-refractivity contribution in [3.63, 3.8) is 0 Å². The number of tetrazole rings is 1. The molecule has 45 heavy (non-hydrogen) atoms. The number of benzene rings is 3. The van der Waals surface area contributed by atoms with Crippen LogP contribution in [0.4, 0.5) is 0 Å². The van der Waals surface area contributed by atoms with E-state index in [2.05, 4.69) is 52.1 Å². The zero-order valence-corrected chi connectivity index (χ0v) is 25.0. The van der Waals surface area contributed by atoms with Crippen LogP contribution in [-0.2, 0) is 11.2 Å². The highest BCUT2D eigenvalue weighted by molar-refractivity contribution is 9.10. The third-order valence-corrected chi connectivity index (χ3v) is 8.76. The summed E-state index contributed by atoms with van der Waals surface area (Å²) in [5, 5.41) is 26.4. The molecular formula is C29H23BrN10O5. The highest BCUT2D eigenvalue weighted by atomic mass is 79.9. The minimum absolute atomic E-state index is 0.0299. The van der Waals surface area contributed by atoms with E-state index in [-0.39, 0.29) is 23.9 Å². The number of nitrogens with zero attached hydrogens (tertiary/aromatic N) is 10. The van der Waals surface area contributed by atoms with Crippen molar-refractivity contribution in [2.24, 2.45) is 0 Å². The normalized spacial score (nSPS) is 15.4. The summed E-state index contributed by atoms with van der Waals surface area (Å²) in [4.78, 5) is 43.9. The maximum absolute atomic E-state index is 14.1. The van der Waals surface area contributed by atoms with E-state index in [4.69, 9.17) is 9.26 Å². The van der Waals surface area contributed by atoms with E-state index in [0.29, 0.717) is 59.4 Å². The first kappa shape index (κ1) is 28.5. The van der Waals surface area contributed by atoms with Gasteiger partial charge in [0.2, 0.25) is 5.91 Å². The zero-order chi connectivity index (χ0) is 30.9. The van der Waals surface area contributed by atoms with Gasteiger partial charge < -0.3 is 4.90 Å². The summed E-state index contributed by atoms with van der Waals surface area (Å²) in [5.74, 6) is -0.606. The Morgan fingerprint density at radius 1 is 0.756 bits per heavy atom.